The van der Waals surface area contributed by atoms with Crippen LogP contribution in [0.15, 0.2) is 48.7 Å². The molecule has 7 heteroatoms. The molecule has 0 aliphatic carbocycles. The van der Waals surface area contributed by atoms with Gasteiger partial charge in [0.25, 0.3) is 5.91 Å². The summed E-state index contributed by atoms with van der Waals surface area (Å²) in [6.45, 7) is 1.94. The summed E-state index contributed by atoms with van der Waals surface area (Å²) in [6.07, 6.45) is 1.70. The molecule has 7 nitrogen and oxygen atoms in total. The number of carbonyl (C=O) groups is 2. The monoisotopic (exact) mass is 367 g/mol. The number of fused-ring (bicyclic) bond motifs is 1. The first-order valence-electron chi connectivity index (χ1n) is 8.48. The van der Waals surface area contributed by atoms with E-state index < -0.39 is 12.0 Å². The number of benzene rings is 1. The van der Waals surface area contributed by atoms with Crippen molar-refractivity contribution in [3.8, 4) is 5.75 Å². The summed E-state index contributed by atoms with van der Waals surface area (Å²) in [5.41, 5.74) is 2.72. The van der Waals surface area contributed by atoms with E-state index in [1.54, 1.807) is 37.6 Å². The summed E-state index contributed by atoms with van der Waals surface area (Å²) in [5, 5.41) is 2.88. The van der Waals surface area contributed by atoms with Crippen molar-refractivity contribution in [1.29, 1.82) is 0 Å². The van der Waals surface area contributed by atoms with Crippen molar-refractivity contribution < 1.29 is 19.1 Å². The molecule has 0 radical (unpaired) electrons. The Morgan fingerprint density at radius 1 is 1.15 bits per heavy atom. The molecule has 0 fully saturated rings. The van der Waals surface area contributed by atoms with E-state index >= 15 is 0 Å². The second-order valence-electron chi connectivity index (χ2n) is 6.10. The quantitative estimate of drug-likeness (QED) is 0.678. The summed E-state index contributed by atoms with van der Waals surface area (Å²) >= 11 is 0. The lowest BCUT2D eigenvalue weighted by molar-refractivity contribution is -0.141. The predicted molar refractivity (Wildman–Crippen MR) is 99.8 cm³/mol. The highest BCUT2D eigenvalue weighted by molar-refractivity contribution is 5.93. The third-order valence-corrected chi connectivity index (χ3v) is 4.35. The Kier molecular flexibility index (Phi) is 5.40. The normalized spacial score (nSPS) is 11.8. The highest BCUT2D eigenvalue weighted by atomic mass is 16.5. The molecule has 27 heavy (non-hydrogen) atoms. The Hall–Kier alpha value is -3.35. The number of aryl methyl sites for hydroxylation is 1. The fourth-order valence-corrected chi connectivity index (χ4v) is 2.83. The van der Waals surface area contributed by atoms with Crippen molar-refractivity contribution in [3.63, 3.8) is 0 Å². The fraction of sp³-hybridized carbons (Fsp3) is 0.250. The molecule has 0 saturated carbocycles. The van der Waals surface area contributed by atoms with Gasteiger partial charge in [0.05, 0.1) is 26.7 Å². The second kappa shape index (κ2) is 7.90. The van der Waals surface area contributed by atoms with Gasteiger partial charge >= 0.3 is 5.97 Å². The number of rotatable bonds is 6. The molecule has 1 aromatic carbocycles. The molecule has 3 rings (SSSR count). The number of pyridine rings is 1. The summed E-state index contributed by atoms with van der Waals surface area (Å²) in [6, 6.07) is 12.3. The molecule has 1 atom stereocenters. The zero-order valence-electron chi connectivity index (χ0n) is 15.4. The molecule has 0 aliphatic heterocycles. The van der Waals surface area contributed by atoms with E-state index in [1.807, 2.05) is 29.5 Å². The third kappa shape index (κ3) is 4.08. The van der Waals surface area contributed by atoms with Crippen LogP contribution in [-0.4, -0.2) is 35.5 Å². The number of hydrogen-bond donors (Lipinski definition) is 1. The van der Waals surface area contributed by atoms with Gasteiger partial charge in [0, 0.05) is 11.9 Å². The van der Waals surface area contributed by atoms with Crippen molar-refractivity contribution in [3.05, 3.63) is 65.6 Å². The lowest BCUT2D eigenvalue weighted by atomic mass is 10.0. The molecule has 140 valence electrons. The van der Waals surface area contributed by atoms with E-state index in [0.717, 1.165) is 11.3 Å². The molecule has 1 amide bonds. The van der Waals surface area contributed by atoms with Crippen molar-refractivity contribution >= 4 is 17.5 Å². The number of esters is 1. The first-order valence-corrected chi connectivity index (χ1v) is 8.48. The standard InChI is InChI=1S/C20H21N3O4/c1-13-5-4-6-18-21-17(12-23(13)18)20(25)22-16(11-19(24)27-3)14-7-9-15(26-2)10-8-14/h4-10,12,16H,11H2,1-3H3,(H,22,25). The second-order valence-corrected chi connectivity index (χ2v) is 6.10. The van der Waals surface area contributed by atoms with Gasteiger partial charge in [0.1, 0.15) is 17.1 Å². The van der Waals surface area contributed by atoms with Crippen LogP contribution in [0.3, 0.4) is 0 Å². The van der Waals surface area contributed by atoms with Crippen LogP contribution in [0.2, 0.25) is 0 Å². The minimum absolute atomic E-state index is 0.0148. The largest absolute Gasteiger partial charge is 0.497 e. The predicted octanol–water partition coefficient (Wildman–Crippen LogP) is 2.69. The minimum Gasteiger partial charge on any atom is -0.497 e. The average molecular weight is 367 g/mol. The number of aromatic nitrogens is 2. The van der Waals surface area contributed by atoms with Crippen molar-refractivity contribution in [2.45, 2.75) is 19.4 Å². The maximum Gasteiger partial charge on any atom is 0.307 e. The van der Waals surface area contributed by atoms with Crippen LogP contribution in [0.4, 0.5) is 0 Å². The molecule has 2 heterocycles. The van der Waals surface area contributed by atoms with Gasteiger partial charge < -0.3 is 19.2 Å². The van der Waals surface area contributed by atoms with E-state index in [1.165, 1.54) is 7.11 Å². The van der Waals surface area contributed by atoms with Gasteiger partial charge in [-0.1, -0.05) is 18.2 Å². The van der Waals surface area contributed by atoms with E-state index in [-0.39, 0.29) is 18.0 Å². The topological polar surface area (TPSA) is 81.9 Å². The van der Waals surface area contributed by atoms with Gasteiger partial charge in [-0.25, -0.2) is 4.98 Å². The van der Waals surface area contributed by atoms with E-state index in [0.29, 0.717) is 11.4 Å². The van der Waals surface area contributed by atoms with Crippen molar-refractivity contribution in [2.24, 2.45) is 0 Å². The van der Waals surface area contributed by atoms with E-state index in [2.05, 4.69) is 10.3 Å². The number of methoxy groups -OCH3 is 2. The molecule has 2 aromatic heterocycles. The van der Waals surface area contributed by atoms with Crippen LogP contribution in [0.5, 0.6) is 5.75 Å². The molecule has 1 N–H and O–H groups in total. The number of hydrogen-bond acceptors (Lipinski definition) is 5. The fourth-order valence-electron chi connectivity index (χ4n) is 2.83. The highest BCUT2D eigenvalue weighted by Gasteiger charge is 2.21. The average Bonchev–Trinajstić information content (AvgIpc) is 3.13. The van der Waals surface area contributed by atoms with Crippen molar-refractivity contribution in [2.75, 3.05) is 14.2 Å². The maximum absolute atomic E-state index is 12.7. The Labute approximate surface area is 156 Å². The number of nitrogens with one attached hydrogen (secondary N) is 1. The van der Waals surface area contributed by atoms with Gasteiger partial charge in [0.15, 0.2) is 0 Å². The number of imidazole rings is 1. The lowest BCUT2D eigenvalue weighted by Crippen LogP contribution is -2.30. The van der Waals surface area contributed by atoms with Gasteiger partial charge in [-0.05, 0) is 36.8 Å². The van der Waals surface area contributed by atoms with Gasteiger partial charge in [-0.3, -0.25) is 9.59 Å². The summed E-state index contributed by atoms with van der Waals surface area (Å²) in [5.74, 6) is -0.0810. The maximum atomic E-state index is 12.7. The number of ether oxygens (including phenoxy) is 2. The molecule has 0 saturated heterocycles. The zero-order valence-corrected chi connectivity index (χ0v) is 15.4. The Morgan fingerprint density at radius 2 is 1.89 bits per heavy atom. The number of carbonyl (C=O) groups excluding carboxylic acids is 2. The molecule has 0 bridgehead atoms. The van der Waals surface area contributed by atoms with Gasteiger partial charge in [0.2, 0.25) is 0 Å². The Bertz CT molecular complexity index is 963. The molecule has 3 aromatic rings. The van der Waals surface area contributed by atoms with Crippen LogP contribution in [0, 0.1) is 6.92 Å². The molecular weight excluding hydrogens is 346 g/mol. The van der Waals surface area contributed by atoms with E-state index in [9.17, 15) is 9.59 Å². The Balaban J connectivity index is 1.86. The lowest BCUT2D eigenvalue weighted by Gasteiger charge is -2.18. The first kappa shape index (κ1) is 18.4. The number of nitrogens with zero attached hydrogens (tertiary/aromatic N) is 2. The third-order valence-electron chi connectivity index (χ3n) is 4.35. The summed E-state index contributed by atoms with van der Waals surface area (Å²) in [7, 11) is 2.90. The molecular formula is C20H21N3O4. The van der Waals surface area contributed by atoms with Crippen LogP contribution in [0.1, 0.15) is 34.2 Å². The van der Waals surface area contributed by atoms with Crippen LogP contribution in [-0.2, 0) is 9.53 Å². The van der Waals surface area contributed by atoms with Crippen molar-refractivity contribution in [1.82, 2.24) is 14.7 Å². The van der Waals surface area contributed by atoms with Crippen LogP contribution >= 0.6 is 0 Å². The molecule has 0 spiro atoms. The van der Waals surface area contributed by atoms with Crippen LogP contribution < -0.4 is 10.1 Å². The summed E-state index contributed by atoms with van der Waals surface area (Å²) < 4.78 is 11.8. The summed E-state index contributed by atoms with van der Waals surface area (Å²) in [4.78, 5) is 28.9. The molecule has 1 unspecified atom stereocenters. The van der Waals surface area contributed by atoms with E-state index in [4.69, 9.17) is 9.47 Å². The minimum atomic E-state index is -0.540. The first-order chi connectivity index (χ1) is 13.0. The smallest absolute Gasteiger partial charge is 0.307 e. The SMILES string of the molecule is COC(=O)CC(NC(=O)c1cn2c(C)cccc2n1)c1ccc(OC)cc1. The zero-order chi connectivity index (χ0) is 19.4. The van der Waals surface area contributed by atoms with Gasteiger partial charge in [-0.2, -0.15) is 0 Å². The molecule has 0 aliphatic rings. The highest BCUT2D eigenvalue weighted by Crippen LogP contribution is 2.21. The van der Waals surface area contributed by atoms with Crippen LogP contribution in [0.25, 0.3) is 5.65 Å². The number of amides is 1. The Morgan fingerprint density at radius 3 is 2.52 bits per heavy atom. The van der Waals surface area contributed by atoms with Gasteiger partial charge in [-0.15, -0.1) is 0 Å².